The number of rotatable bonds is 0. The molecule has 1 spiro atoms. The van der Waals surface area contributed by atoms with Gasteiger partial charge in [-0.25, -0.2) is 0 Å². The molecule has 0 fully saturated rings. The second-order valence-electron chi connectivity index (χ2n) is 6.37. The summed E-state index contributed by atoms with van der Waals surface area (Å²) in [5.74, 6) is 1.85. The molecule has 3 heterocycles. The third-order valence-electron chi connectivity index (χ3n) is 5.44. The minimum atomic E-state index is 0.0849. The molecule has 0 unspecified atom stereocenters. The van der Waals surface area contributed by atoms with E-state index in [2.05, 4.69) is 35.3 Å². The van der Waals surface area contributed by atoms with Gasteiger partial charge in [-0.2, -0.15) is 0 Å². The molecular weight excluding hydrogens is 262 g/mol. The minimum absolute atomic E-state index is 0.0849. The van der Waals surface area contributed by atoms with Gasteiger partial charge in [-0.05, 0) is 61.1 Å². The first-order chi connectivity index (χ1) is 10.4. The van der Waals surface area contributed by atoms with Gasteiger partial charge in [0.05, 0.1) is 5.54 Å². The molecule has 5 rings (SSSR count). The predicted octanol–water partition coefficient (Wildman–Crippen LogP) is 3.15. The highest BCUT2D eigenvalue weighted by Crippen LogP contribution is 2.51. The molecule has 0 N–H and O–H groups in total. The molecule has 4 aliphatic rings. The van der Waals surface area contributed by atoms with Crippen LogP contribution in [0.2, 0.25) is 0 Å². The van der Waals surface area contributed by atoms with Crippen LogP contribution in [0.3, 0.4) is 0 Å². The van der Waals surface area contributed by atoms with Crippen molar-refractivity contribution in [2.75, 3.05) is 19.9 Å². The van der Waals surface area contributed by atoms with Gasteiger partial charge >= 0.3 is 0 Å². The number of fused-ring (bicyclic) bond motifs is 2. The smallest absolute Gasteiger partial charge is 0.231 e. The van der Waals surface area contributed by atoms with E-state index in [0.29, 0.717) is 6.79 Å². The Bertz CT molecular complexity index is 676. The Hall–Kier alpha value is -1.74. The zero-order valence-electron chi connectivity index (χ0n) is 12.1. The summed E-state index contributed by atoms with van der Waals surface area (Å²) in [7, 11) is 0. The molecule has 1 atom stereocenters. The number of hydrogen-bond donors (Lipinski definition) is 0. The summed E-state index contributed by atoms with van der Waals surface area (Å²) in [5.41, 5.74) is 4.47. The van der Waals surface area contributed by atoms with Gasteiger partial charge < -0.3 is 9.47 Å². The van der Waals surface area contributed by atoms with E-state index in [4.69, 9.17) is 9.47 Å². The summed E-state index contributed by atoms with van der Waals surface area (Å²) < 4.78 is 11.2. The largest absolute Gasteiger partial charge is 0.454 e. The number of aryl methyl sites for hydroxylation is 1. The van der Waals surface area contributed by atoms with E-state index in [9.17, 15) is 0 Å². The third-order valence-corrected chi connectivity index (χ3v) is 5.44. The maximum absolute atomic E-state index is 5.65. The SMILES string of the molecule is C1=CC2=CCN3CCCc4cc5c(cc4[C@]23CC1)OCO5. The van der Waals surface area contributed by atoms with Crippen LogP contribution in [0.1, 0.15) is 30.4 Å². The van der Waals surface area contributed by atoms with E-state index >= 15 is 0 Å². The number of ether oxygens (including phenoxy) is 2. The van der Waals surface area contributed by atoms with E-state index in [-0.39, 0.29) is 5.54 Å². The zero-order chi connectivity index (χ0) is 13.9. The Labute approximate surface area is 124 Å². The summed E-state index contributed by atoms with van der Waals surface area (Å²) >= 11 is 0. The van der Waals surface area contributed by atoms with Crippen LogP contribution < -0.4 is 9.47 Å². The number of allylic oxidation sites excluding steroid dienone is 1. The van der Waals surface area contributed by atoms with Crippen LogP contribution in [-0.2, 0) is 12.0 Å². The second-order valence-corrected chi connectivity index (χ2v) is 6.37. The molecule has 21 heavy (non-hydrogen) atoms. The summed E-state index contributed by atoms with van der Waals surface area (Å²) in [4.78, 5) is 2.67. The topological polar surface area (TPSA) is 21.7 Å². The first-order valence-electron chi connectivity index (χ1n) is 7.93. The van der Waals surface area contributed by atoms with Crippen molar-refractivity contribution in [2.24, 2.45) is 0 Å². The quantitative estimate of drug-likeness (QED) is 0.729. The standard InChI is InChI=1S/C18H19NO2/c1-2-7-18-14(5-1)6-9-19(18)8-3-4-13-10-16-17(11-15(13)18)21-12-20-16/h1,5-6,10-11H,2-4,7-9,12H2/t18-/m0/s1. The molecule has 0 aromatic heterocycles. The Morgan fingerprint density at radius 3 is 3.00 bits per heavy atom. The van der Waals surface area contributed by atoms with Crippen molar-refractivity contribution in [1.29, 1.82) is 0 Å². The number of benzene rings is 1. The van der Waals surface area contributed by atoms with E-state index in [1.54, 1.807) is 0 Å². The molecule has 1 aromatic carbocycles. The summed E-state index contributed by atoms with van der Waals surface area (Å²) in [6.45, 7) is 2.61. The lowest BCUT2D eigenvalue weighted by Crippen LogP contribution is -2.44. The third kappa shape index (κ3) is 1.47. The van der Waals surface area contributed by atoms with Gasteiger partial charge in [-0.15, -0.1) is 0 Å². The first-order valence-corrected chi connectivity index (χ1v) is 7.93. The van der Waals surface area contributed by atoms with Crippen LogP contribution in [0.15, 0.2) is 35.9 Å². The second kappa shape index (κ2) is 4.14. The van der Waals surface area contributed by atoms with Crippen LogP contribution >= 0.6 is 0 Å². The van der Waals surface area contributed by atoms with Gasteiger partial charge in [0.25, 0.3) is 0 Å². The van der Waals surface area contributed by atoms with Crippen LogP contribution in [0.4, 0.5) is 0 Å². The Morgan fingerprint density at radius 1 is 1.14 bits per heavy atom. The van der Waals surface area contributed by atoms with Crippen LogP contribution in [-0.4, -0.2) is 24.8 Å². The molecule has 0 amide bonds. The molecule has 3 aliphatic heterocycles. The Morgan fingerprint density at radius 2 is 2.05 bits per heavy atom. The average molecular weight is 281 g/mol. The normalized spacial score (nSPS) is 29.4. The summed E-state index contributed by atoms with van der Waals surface area (Å²) in [6, 6.07) is 4.48. The maximum Gasteiger partial charge on any atom is 0.231 e. The molecule has 0 saturated heterocycles. The van der Waals surface area contributed by atoms with E-state index in [1.807, 2.05) is 0 Å². The van der Waals surface area contributed by atoms with Gasteiger partial charge in [-0.1, -0.05) is 18.2 Å². The van der Waals surface area contributed by atoms with Gasteiger partial charge in [0.15, 0.2) is 11.5 Å². The number of hydrogen-bond acceptors (Lipinski definition) is 3. The molecule has 0 bridgehead atoms. The highest BCUT2D eigenvalue weighted by Gasteiger charge is 2.47. The first kappa shape index (κ1) is 11.9. The zero-order valence-corrected chi connectivity index (χ0v) is 12.1. The van der Waals surface area contributed by atoms with E-state index < -0.39 is 0 Å². The highest BCUT2D eigenvalue weighted by molar-refractivity contribution is 5.57. The fourth-order valence-electron chi connectivity index (χ4n) is 4.51. The molecule has 108 valence electrons. The fraction of sp³-hybridized carbons (Fsp3) is 0.444. The van der Waals surface area contributed by atoms with Crippen molar-refractivity contribution in [3.8, 4) is 11.5 Å². The molecule has 1 aromatic rings. The lowest BCUT2D eigenvalue weighted by molar-refractivity contribution is 0.148. The van der Waals surface area contributed by atoms with Crippen molar-refractivity contribution in [3.63, 3.8) is 0 Å². The predicted molar refractivity (Wildman–Crippen MR) is 80.6 cm³/mol. The summed E-state index contributed by atoms with van der Waals surface area (Å²) in [6.07, 6.45) is 11.8. The van der Waals surface area contributed by atoms with Crippen molar-refractivity contribution >= 4 is 0 Å². The molecule has 3 nitrogen and oxygen atoms in total. The minimum Gasteiger partial charge on any atom is -0.454 e. The van der Waals surface area contributed by atoms with Crippen molar-refractivity contribution in [1.82, 2.24) is 4.90 Å². The van der Waals surface area contributed by atoms with Gasteiger partial charge in [0, 0.05) is 6.54 Å². The lowest BCUT2D eigenvalue weighted by Gasteiger charge is -2.42. The molecule has 0 saturated carbocycles. The van der Waals surface area contributed by atoms with Gasteiger partial charge in [-0.3, -0.25) is 4.90 Å². The van der Waals surface area contributed by atoms with Crippen LogP contribution in [0.25, 0.3) is 0 Å². The van der Waals surface area contributed by atoms with Crippen molar-refractivity contribution in [2.45, 2.75) is 31.2 Å². The van der Waals surface area contributed by atoms with Gasteiger partial charge in [0.1, 0.15) is 0 Å². The van der Waals surface area contributed by atoms with Crippen LogP contribution in [0.5, 0.6) is 11.5 Å². The molecule has 0 radical (unpaired) electrons. The highest BCUT2D eigenvalue weighted by atomic mass is 16.7. The lowest BCUT2D eigenvalue weighted by atomic mass is 9.75. The summed E-state index contributed by atoms with van der Waals surface area (Å²) in [5, 5.41) is 0. The Balaban J connectivity index is 1.77. The van der Waals surface area contributed by atoms with Crippen molar-refractivity contribution < 1.29 is 9.47 Å². The fourth-order valence-corrected chi connectivity index (χ4v) is 4.51. The Kier molecular flexibility index (Phi) is 2.34. The van der Waals surface area contributed by atoms with Crippen molar-refractivity contribution in [3.05, 3.63) is 47.1 Å². The van der Waals surface area contributed by atoms with E-state index in [1.165, 1.54) is 36.1 Å². The average Bonchev–Trinajstić information content (AvgIpc) is 3.08. The van der Waals surface area contributed by atoms with E-state index in [0.717, 1.165) is 30.9 Å². The molecular formula is C18H19NO2. The van der Waals surface area contributed by atoms with Gasteiger partial charge in [0.2, 0.25) is 6.79 Å². The maximum atomic E-state index is 5.65. The monoisotopic (exact) mass is 281 g/mol. The molecule has 3 heteroatoms. The van der Waals surface area contributed by atoms with Crippen LogP contribution in [0, 0.1) is 0 Å². The molecule has 1 aliphatic carbocycles. The number of nitrogens with zero attached hydrogens (tertiary/aromatic N) is 1.